The average molecular weight is 402 g/mol. The zero-order valence-electron chi connectivity index (χ0n) is 16.9. The Balaban J connectivity index is 1.75. The lowest BCUT2D eigenvalue weighted by Gasteiger charge is -2.35. The van der Waals surface area contributed by atoms with Crippen molar-refractivity contribution in [2.75, 3.05) is 19.8 Å². The van der Waals surface area contributed by atoms with Gasteiger partial charge in [0.15, 0.2) is 11.5 Å². The third-order valence-electron chi connectivity index (χ3n) is 5.66. The summed E-state index contributed by atoms with van der Waals surface area (Å²) in [6.07, 6.45) is 1.51. The van der Waals surface area contributed by atoms with Crippen LogP contribution in [0, 0.1) is 20.8 Å². The highest BCUT2D eigenvalue weighted by Gasteiger charge is 2.36. The molecule has 0 radical (unpaired) electrons. The van der Waals surface area contributed by atoms with Crippen molar-refractivity contribution in [1.29, 1.82) is 0 Å². The van der Waals surface area contributed by atoms with Crippen molar-refractivity contribution in [3.05, 3.63) is 52.1 Å². The maximum atomic E-state index is 13.6. The zero-order valence-corrected chi connectivity index (χ0v) is 17.7. The summed E-state index contributed by atoms with van der Waals surface area (Å²) in [6.45, 7) is 9.42. The normalized spacial score (nSPS) is 19.8. The molecule has 5 nitrogen and oxygen atoms in total. The van der Waals surface area contributed by atoms with Crippen molar-refractivity contribution in [2.45, 2.75) is 51.5 Å². The summed E-state index contributed by atoms with van der Waals surface area (Å²) in [5, 5.41) is 0. The quantitative estimate of drug-likeness (QED) is 0.761. The van der Waals surface area contributed by atoms with Gasteiger partial charge >= 0.3 is 0 Å². The lowest BCUT2D eigenvalue weighted by Crippen LogP contribution is -2.39. The Kier molecular flexibility index (Phi) is 4.88. The number of fused-ring (bicyclic) bond motifs is 2. The van der Waals surface area contributed by atoms with E-state index in [0.717, 1.165) is 40.0 Å². The van der Waals surface area contributed by atoms with Gasteiger partial charge in [0.25, 0.3) is 0 Å². The van der Waals surface area contributed by atoms with Crippen molar-refractivity contribution < 1.29 is 17.9 Å². The van der Waals surface area contributed by atoms with Crippen LogP contribution in [0.3, 0.4) is 0 Å². The molecule has 0 spiro atoms. The van der Waals surface area contributed by atoms with E-state index in [-0.39, 0.29) is 6.04 Å². The molecule has 2 aliphatic heterocycles. The summed E-state index contributed by atoms with van der Waals surface area (Å²) in [5.41, 5.74) is 4.82. The maximum Gasteiger partial charge on any atom is 0.244 e. The SMILES string of the molecule is Cc1cc(C)c(S(=O)(=O)N2CCc3cc4c(cc3[C@@H]2C)OCCCO4)c(C)c1. The Morgan fingerprint density at radius 2 is 1.57 bits per heavy atom. The van der Waals surface area contributed by atoms with Gasteiger partial charge in [0.05, 0.1) is 18.1 Å². The molecule has 28 heavy (non-hydrogen) atoms. The molecule has 2 heterocycles. The molecule has 1 atom stereocenters. The second-order valence-corrected chi connectivity index (χ2v) is 9.65. The molecule has 2 aliphatic rings. The molecular weight excluding hydrogens is 374 g/mol. The van der Waals surface area contributed by atoms with Gasteiger partial charge in [-0.15, -0.1) is 0 Å². The van der Waals surface area contributed by atoms with Crippen molar-refractivity contribution >= 4 is 10.0 Å². The molecule has 0 amide bonds. The van der Waals surface area contributed by atoms with E-state index < -0.39 is 10.0 Å². The van der Waals surface area contributed by atoms with Gasteiger partial charge in [0, 0.05) is 19.0 Å². The third-order valence-corrected chi connectivity index (χ3v) is 7.94. The van der Waals surface area contributed by atoms with Crippen molar-refractivity contribution in [1.82, 2.24) is 4.31 Å². The first kappa shape index (κ1) is 19.3. The van der Waals surface area contributed by atoms with E-state index in [1.54, 1.807) is 4.31 Å². The first-order chi connectivity index (χ1) is 13.3. The first-order valence-electron chi connectivity index (χ1n) is 9.81. The Morgan fingerprint density at radius 3 is 2.21 bits per heavy atom. The van der Waals surface area contributed by atoms with Crippen LogP contribution in [0.5, 0.6) is 11.5 Å². The molecule has 2 aromatic rings. The lowest BCUT2D eigenvalue weighted by molar-refractivity contribution is 0.296. The number of ether oxygens (including phenoxy) is 2. The van der Waals surface area contributed by atoms with E-state index in [1.807, 2.05) is 52.0 Å². The molecular formula is C22H27NO4S. The Labute approximate surface area is 167 Å². The first-order valence-corrected chi connectivity index (χ1v) is 11.2. The smallest absolute Gasteiger partial charge is 0.244 e. The van der Waals surface area contributed by atoms with Gasteiger partial charge in [-0.2, -0.15) is 4.31 Å². The summed E-state index contributed by atoms with van der Waals surface area (Å²) in [5.74, 6) is 1.48. The Morgan fingerprint density at radius 1 is 0.964 bits per heavy atom. The van der Waals surface area contributed by atoms with Crippen LogP contribution in [0.25, 0.3) is 0 Å². The molecule has 0 saturated heterocycles. The number of sulfonamides is 1. The fourth-order valence-corrected chi connectivity index (χ4v) is 6.50. The highest BCUT2D eigenvalue weighted by atomic mass is 32.2. The average Bonchev–Trinajstić information content (AvgIpc) is 2.84. The number of rotatable bonds is 2. The summed E-state index contributed by atoms with van der Waals surface area (Å²) >= 11 is 0. The molecule has 0 saturated carbocycles. The predicted octanol–water partition coefficient (Wildman–Crippen LogP) is 4.08. The zero-order chi connectivity index (χ0) is 20.1. The fraction of sp³-hybridized carbons (Fsp3) is 0.455. The number of nitrogens with zero attached hydrogens (tertiary/aromatic N) is 1. The second-order valence-electron chi connectivity index (χ2n) is 7.82. The van der Waals surface area contributed by atoms with Gasteiger partial charge in [-0.1, -0.05) is 17.7 Å². The highest BCUT2D eigenvalue weighted by molar-refractivity contribution is 7.89. The Hall–Kier alpha value is -2.05. The minimum Gasteiger partial charge on any atom is -0.490 e. The minimum absolute atomic E-state index is 0.258. The van der Waals surface area contributed by atoms with Crippen LogP contribution in [0.15, 0.2) is 29.2 Å². The molecule has 0 aliphatic carbocycles. The van der Waals surface area contributed by atoms with Gasteiger partial charge in [-0.3, -0.25) is 0 Å². The van der Waals surface area contributed by atoms with E-state index >= 15 is 0 Å². The number of aryl methyl sites for hydroxylation is 3. The van der Waals surface area contributed by atoms with E-state index in [0.29, 0.717) is 36.8 Å². The summed E-state index contributed by atoms with van der Waals surface area (Å²) in [7, 11) is -3.60. The summed E-state index contributed by atoms with van der Waals surface area (Å²) < 4.78 is 40.4. The standard InChI is InChI=1S/C22H27NO4S/c1-14-10-15(2)22(16(3)11-14)28(24,25)23-7-6-18-12-20-21(13-19(18)17(23)4)27-9-5-8-26-20/h10-13,17H,5-9H2,1-4H3/t17-/m0/s1. The van der Waals surface area contributed by atoms with Crippen LogP contribution in [-0.4, -0.2) is 32.5 Å². The molecule has 0 aromatic heterocycles. The molecule has 0 unspecified atom stereocenters. The van der Waals surface area contributed by atoms with Gasteiger partial charge < -0.3 is 9.47 Å². The monoisotopic (exact) mass is 401 g/mol. The van der Waals surface area contributed by atoms with Crippen molar-refractivity contribution in [3.63, 3.8) is 0 Å². The summed E-state index contributed by atoms with van der Waals surface area (Å²) in [6, 6.07) is 7.61. The predicted molar refractivity (Wildman–Crippen MR) is 109 cm³/mol. The number of benzene rings is 2. The topological polar surface area (TPSA) is 55.8 Å². The van der Waals surface area contributed by atoms with Gasteiger partial charge in [-0.05, 0) is 68.5 Å². The molecule has 150 valence electrons. The molecule has 0 N–H and O–H groups in total. The largest absolute Gasteiger partial charge is 0.490 e. The van der Waals surface area contributed by atoms with Crippen LogP contribution < -0.4 is 9.47 Å². The van der Waals surface area contributed by atoms with Gasteiger partial charge in [0.2, 0.25) is 10.0 Å². The van der Waals surface area contributed by atoms with Gasteiger partial charge in [-0.25, -0.2) is 8.42 Å². The van der Waals surface area contributed by atoms with Crippen LogP contribution in [-0.2, 0) is 16.4 Å². The second kappa shape index (κ2) is 7.08. The molecule has 4 rings (SSSR count). The number of hydrogen-bond acceptors (Lipinski definition) is 4. The lowest BCUT2D eigenvalue weighted by atomic mass is 9.94. The Bertz CT molecular complexity index is 1010. The van der Waals surface area contributed by atoms with E-state index in [1.165, 1.54) is 0 Å². The van der Waals surface area contributed by atoms with E-state index in [9.17, 15) is 8.42 Å². The van der Waals surface area contributed by atoms with E-state index in [2.05, 4.69) is 0 Å². The fourth-order valence-electron chi connectivity index (χ4n) is 4.47. The molecule has 0 fully saturated rings. The van der Waals surface area contributed by atoms with E-state index in [4.69, 9.17) is 9.47 Å². The molecule has 0 bridgehead atoms. The number of hydrogen-bond donors (Lipinski definition) is 0. The summed E-state index contributed by atoms with van der Waals surface area (Å²) in [4.78, 5) is 0.433. The van der Waals surface area contributed by atoms with Crippen molar-refractivity contribution in [2.24, 2.45) is 0 Å². The van der Waals surface area contributed by atoms with Crippen LogP contribution in [0.4, 0.5) is 0 Å². The minimum atomic E-state index is -3.60. The van der Waals surface area contributed by atoms with Crippen LogP contribution >= 0.6 is 0 Å². The maximum absolute atomic E-state index is 13.6. The third kappa shape index (κ3) is 3.18. The molecule has 6 heteroatoms. The van der Waals surface area contributed by atoms with Gasteiger partial charge in [0.1, 0.15) is 0 Å². The molecule has 2 aromatic carbocycles. The van der Waals surface area contributed by atoms with Crippen LogP contribution in [0.1, 0.15) is 47.2 Å². The van der Waals surface area contributed by atoms with Crippen LogP contribution in [0.2, 0.25) is 0 Å². The van der Waals surface area contributed by atoms with Crippen molar-refractivity contribution in [3.8, 4) is 11.5 Å². The highest BCUT2D eigenvalue weighted by Crippen LogP contribution is 2.41.